The van der Waals surface area contributed by atoms with E-state index in [0.717, 1.165) is 10.6 Å². The quantitative estimate of drug-likeness (QED) is 0.841. The molecule has 0 saturated carbocycles. The molecule has 1 aromatic carbocycles. The highest BCUT2D eigenvalue weighted by molar-refractivity contribution is 7.98. The summed E-state index contributed by atoms with van der Waals surface area (Å²) in [6.45, 7) is 0. The van der Waals surface area contributed by atoms with Crippen molar-refractivity contribution in [3.8, 4) is 0 Å². The van der Waals surface area contributed by atoms with Crippen molar-refractivity contribution in [3.05, 3.63) is 36.2 Å². The van der Waals surface area contributed by atoms with Gasteiger partial charge >= 0.3 is 0 Å². The van der Waals surface area contributed by atoms with Crippen molar-refractivity contribution in [1.29, 1.82) is 0 Å². The van der Waals surface area contributed by atoms with Crippen LogP contribution >= 0.6 is 11.8 Å². The Morgan fingerprint density at radius 1 is 1.47 bits per heavy atom. The molecule has 0 fully saturated rings. The third-order valence-electron chi connectivity index (χ3n) is 2.16. The first-order valence-corrected chi connectivity index (χ1v) is 6.23. The van der Waals surface area contributed by atoms with Crippen molar-refractivity contribution < 1.29 is 4.79 Å². The number of rotatable bonds is 3. The molecule has 0 bridgehead atoms. The van der Waals surface area contributed by atoms with Crippen LogP contribution < -0.4 is 5.32 Å². The van der Waals surface area contributed by atoms with E-state index < -0.39 is 0 Å². The number of thioether (sulfide) groups is 1. The molecule has 0 aliphatic rings. The lowest BCUT2D eigenvalue weighted by Crippen LogP contribution is -2.12. The Balaban J connectivity index is 2.12. The lowest BCUT2D eigenvalue weighted by Gasteiger charge is -2.04. The molecule has 5 nitrogen and oxygen atoms in total. The zero-order chi connectivity index (χ0) is 12.3. The lowest BCUT2D eigenvalue weighted by atomic mass is 10.3. The van der Waals surface area contributed by atoms with E-state index in [1.54, 1.807) is 25.0 Å². The minimum Gasteiger partial charge on any atom is -0.321 e. The molecule has 88 valence electrons. The highest BCUT2D eigenvalue weighted by Gasteiger charge is 2.09. The molecule has 1 heterocycles. The van der Waals surface area contributed by atoms with Gasteiger partial charge in [0, 0.05) is 17.6 Å². The van der Waals surface area contributed by atoms with E-state index >= 15 is 0 Å². The van der Waals surface area contributed by atoms with Crippen LogP contribution in [0.1, 0.15) is 10.5 Å². The molecule has 0 atom stereocenters. The standard InChI is InChI=1S/C11H12N4OS/c1-15-7-10(13-14-15)11(16)12-8-4-3-5-9(6-8)17-2/h3-7H,1-2H3,(H,12,16). The maximum Gasteiger partial charge on any atom is 0.277 e. The van der Waals surface area contributed by atoms with Crippen molar-refractivity contribution in [3.63, 3.8) is 0 Å². The maximum absolute atomic E-state index is 11.8. The third-order valence-corrected chi connectivity index (χ3v) is 2.89. The molecule has 1 aromatic heterocycles. The van der Waals surface area contributed by atoms with E-state index in [4.69, 9.17) is 0 Å². The van der Waals surface area contributed by atoms with E-state index in [-0.39, 0.29) is 5.91 Å². The van der Waals surface area contributed by atoms with E-state index in [0.29, 0.717) is 5.69 Å². The lowest BCUT2D eigenvalue weighted by molar-refractivity contribution is 0.102. The summed E-state index contributed by atoms with van der Waals surface area (Å²) < 4.78 is 1.49. The number of amides is 1. The normalized spacial score (nSPS) is 10.2. The van der Waals surface area contributed by atoms with Gasteiger partial charge < -0.3 is 5.32 Å². The average molecular weight is 248 g/mol. The molecule has 0 aliphatic carbocycles. The van der Waals surface area contributed by atoms with Crippen LogP contribution in [0.2, 0.25) is 0 Å². The van der Waals surface area contributed by atoms with Gasteiger partial charge in [0.25, 0.3) is 5.91 Å². The Labute approximate surface area is 103 Å². The summed E-state index contributed by atoms with van der Waals surface area (Å²) in [5.41, 5.74) is 1.06. The second-order valence-corrected chi connectivity index (χ2v) is 4.34. The third kappa shape index (κ3) is 2.85. The van der Waals surface area contributed by atoms with E-state index in [1.165, 1.54) is 4.68 Å². The van der Waals surface area contributed by atoms with Gasteiger partial charge in [-0.1, -0.05) is 11.3 Å². The monoisotopic (exact) mass is 248 g/mol. The van der Waals surface area contributed by atoms with E-state index in [2.05, 4.69) is 15.6 Å². The molecule has 17 heavy (non-hydrogen) atoms. The van der Waals surface area contributed by atoms with Gasteiger partial charge in [-0.15, -0.1) is 16.9 Å². The predicted octanol–water partition coefficient (Wildman–Crippen LogP) is 1.79. The zero-order valence-corrected chi connectivity index (χ0v) is 10.4. The Bertz CT molecular complexity index is 538. The number of benzene rings is 1. The first kappa shape index (κ1) is 11.7. The van der Waals surface area contributed by atoms with Gasteiger partial charge in [-0.2, -0.15) is 0 Å². The molecule has 2 rings (SSSR count). The van der Waals surface area contributed by atoms with Crippen LogP contribution in [0.25, 0.3) is 0 Å². The largest absolute Gasteiger partial charge is 0.321 e. The molecule has 0 unspecified atom stereocenters. The molecule has 0 aliphatic heterocycles. The van der Waals surface area contributed by atoms with Crippen LogP contribution in [0.4, 0.5) is 5.69 Å². The second-order valence-electron chi connectivity index (χ2n) is 3.46. The summed E-state index contributed by atoms with van der Waals surface area (Å²) in [4.78, 5) is 12.9. The maximum atomic E-state index is 11.8. The molecule has 0 saturated heterocycles. The first-order valence-electron chi connectivity index (χ1n) is 5.01. The van der Waals surface area contributed by atoms with Gasteiger partial charge in [0.05, 0.1) is 6.20 Å². The molecule has 1 amide bonds. The number of nitrogens with one attached hydrogen (secondary N) is 1. The topological polar surface area (TPSA) is 59.8 Å². The Hall–Kier alpha value is -1.82. The van der Waals surface area contributed by atoms with Crippen LogP contribution in [0.3, 0.4) is 0 Å². The van der Waals surface area contributed by atoms with Crippen LogP contribution in [-0.2, 0) is 7.05 Å². The molecular weight excluding hydrogens is 236 g/mol. The van der Waals surface area contributed by atoms with Gasteiger partial charge in [0.2, 0.25) is 0 Å². The highest BCUT2D eigenvalue weighted by Crippen LogP contribution is 2.19. The van der Waals surface area contributed by atoms with Gasteiger partial charge in [-0.3, -0.25) is 9.48 Å². The molecular formula is C11H12N4OS. The second kappa shape index (κ2) is 5.01. The van der Waals surface area contributed by atoms with E-state index in [9.17, 15) is 4.79 Å². The molecule has 1 N–H and O–H groups in total. The SMILES string of the molecule is CSc1cccc(NC(=O)c2cn(C)nn2)c1. The Kier molecular flexibility index (Phi) is 3.43. The fourth-order valence-electron chi connectivity index (χ4n) is 1.35. The number of carbonyl (C=O) groups is 1. The fraction of sp³-hybridized carbons (Fsp3) is 0.182. The Morgan fingerprint density at radius 3 is 2.94 bits per heavy atom. The van der Waals surface area contributed by atoms with Crippen molar-refractivity contribution in [1.82, 2.24) is 15.0 Å². The molecule has 6 heteroatoms. The predicted molar refractivity (Wildman–Crippen MR) is 67.2 cm³/mol. The summed E-state index contributed by atoms with van der Waals surface area (Å²) in [7, 11) is 1.72. The number of anilines is 1. The van der Waals surface area contributed by atoms with Crippen molar-refractivity contribution in [2.45, 2.75) is 4.90 Å². The summed E-state index contributed by atoms with van der Waals surface area (Å²) in [6, 6.07) is 7.65. The van der Waals surface area contributed by atoms with Gasteiger partial charge in [0.1, 0.15) is 0 Å². The summed E-state index contributed by atoms with van der Waals surface area (Å²) in [5.74, 6) is -0.253. The summed E-state index contributed by atoms with van der Waals surface area (Å²) in [6.07, 6.45) is 3.57. The van der Waals surface area contributed by atoms with Crippen molar-refractivity contribution in [2.24, 2.45) is 7.05 Å². The highest BCUT2D eigenvalue weighted by atomic mass is 32.2. The minimum absolute atomic E-state index is 0.253. The van der Waals surface area contributed by atoms with Crippen LogP contribution in [-0.4, -0.2) is 27.2 Å². The average Bonchev–Trinajstić information content (AvgIpc) is 2.76. The Morgan fingerprint density at radius 2 is 2.29 bits per heavy atom. The van der Waals surface area contributed by atoms with Crippen molar-refractivity contribution >= 4 is 23.4 Å². The number of aromatic nitrogens is 3. The van der Waals surface area contributed by atoms with Crippen LogP contribution in [0, 0.1) is 0 Å². The smallest absolute Gasteiger partial charge is 0.277 e. The van der Waals surface area contributed by atoms with Gasteiger partial charge in [-0.25, -0.2) is 0 Å². The number of nitrogens with zero attached hydrogens (tertiary/aromatic N) is 3. The number of aryl methyl sites for hydroxylation is 1. The van der Waals surface area contributed by atoms with Gasteiger partial charge in [-0.05, 0) is 24.5 Å². The summed E-state index contributed by atoms with van der Waals surface area (Å²) in [5, 5.41) is 10.2. The number of hydrogen-bond donors (Lipinski definition) is 1. The minimum atomic E-state index is -0.253. The molecule has 0 radical (unpaired) electrons. The van der Waals surface area contributed by atoms with Crippen molar-refractivity contribution in [2.75, 3.05) is 11.6 Å². The van der Waals surface area contributed by atoms with E-state index in [1.807, 2.05) is 30.5 Å². The van der Waals surface area contributed by atoms with Gasteiger partial charge in [0.15, 0.2) is 5.69 Å². The zero-order valence-electron chi connectivity index (χ0n) is 9.54. The van der Waals surface area contributed by atoms with Crippen LogP contribution in [0.5, 0.6) is 0 Å². The molecule has 0 spiro atoms. The first-order chi connectivity index (χ1) is 8.19. The summed E-state index contributed by atoms with van der Waals surface area (Å²) >= 11 is 1.63. The number of hydrogen-bond acceptors (Lipinski definition) is 4. The fourth-order valence-corrected chi connectivity index (χ4v) is 1.81. The molecule has 2 aromatic rings. The number of carbonyl (C=O) groups excluding carboxylic acids is 1. The van der Waals surface area contributed by atoms with Crippen LogP contribution in [0.15, 0.2) is 35.4 Å².